The number of carbonyl (C=O) groups excluding carboxylic acids is 3. The van der Waals surface area contributed by atoms with Crippen molar-refractivity contribution in [3.63, 3.8) is 0 Å². The van der Waals surface area contributed by atoms with Gasteiger partial charge in [0.05, 0.1) is 5.56 Å². The van der Waals surface area contributed by atoms with Gasteiger partial charge in [0.2, 0.25) is 5.91 Å². The molecule has 0 radical (unpaired) electrons. The molecule has 1 unspecified atom stereocenters. The van der Waals surface area contributed by atoms with Crippen molar-refractivity contribution in [1.82, 2.24) is 4.90 Å². The van der Waals surface area contributed by atoms with Crippen molar-refractivity contribution < 1.29 is 19.1 Å². The monoisotopic (exact) mass is 349 g/mol. The number of fused-ring (bicyclic) bond motifs is 1. The molecule has 0 fully saturated rings. The van der Waals surface area contributed by atoms with Crippen LogP contribution < -0.4 is 5.73 Å². The van der Waals surface area contributed by atoms with Crippen molar-refractivity contribution in [2.75, 3.05) is 0 Å². The minimum absolute atomic E-state index is 0.0212. The van der Waals surface area contributed by atoms with Crippen LogP contribution in [0.4, 0.5) is 0 Å². The first-order chi connectivity index (χ1) is 11.1. The van der Waals surface area contributed by atoms with Gasteiger partial charge in [0.15, 0.2) is 0 Å². The molecule has 2 N–H and O–H groups in total. The molecule has 8 heteroatoms. The maximum atomic E-state index is 12.4. The lowest BCUT2D eigenvalue weighted by Gasteiger charge is -2.26. The van der Waals surface area contributed by atoms with Gasteiger partial charge in [-0.1, -0.05) is 0 Å². The first-order valence-corrected chi connectivity index (χ1v) is 8.34. The van der Waals surface area contributed by atoms with Crippen LogP contribution >= 0.6 is 11.3 Å². The maximum absolute atomic E-state index is 12.4. The number of hydrogen-bond acceptors (Lipinski definition) is 6. The van der Waals surface area contributed by atoms with E-state index in [-0.39, 0.29) is 25.3 Å². The fourth-order valence-electron chi connectivity index (χ4n) is 2.56. The predicted molar refractivity (Wildman–Crippen MR) is 87.0 cm³/mol. The summed E-state index contributed by atoms with van der Waals surface area (Å²) in [6.45, 7) is 5.41. The van der Waals surface area contributed by atoms with Gasteiger partial charge in [0, 0.05) is 23.9 Å². The van der Waals surface area contributed by atoms with Crippen molar-refractivity contribution in [3.8, 4) is 6.07 Å². The molecule has 128 valence electrons. The molecule has 2 amide bonds. The van der Waals surface area contributed by atoms with E-state index in [0.717, 1.165) is 0 Å². The Morgan fingerprint density at radius 3 is 2.71 bits per heavy atom. The predicted octanol–water partition coefficient (Wildman–Crippen LogP) is 1.55. The second-order valence-electron chi connectivity index (χ2n) is 6.55. The highest BCUT2D eigenvalue weighted by molar-refractivity contribution is 7.11. The van der Waals surface area contributed by atoms with Crippen LogP contribution in [-0.2, 0) is 20.9 Å². The quantitative estimate of drug-likeness (QED) is 0.810. The molecular weight excluding hydrogens is 330 g/mol. The highest BCUT2D eigenvalue weighted by Crippen LogP contribution is 2.32. The van der Waals surface area contributed by atoms with Gasteiger partial charge in [-0.15, -0.1) is 11.3 Å². The second-order valence-corrected chi connectivity index (χ2v) is 7.42. The first-order valence-electron chi connectivity index (χ1n) is 7.46. The number of esters is 1. The van der Waals surface area contributed by atoms with Gasteiger partial charge >= 0.3 is 5.97 Å². The van der Waals surface area contributed by atoms with Gasteiger partial charge in [-0.05, 0) is 27.2 Å². The number of carbonyl (C=O) groups is 3. The van der Waals surface area contributed by atoms with Crippen molar-refractivity contribution in [1.29, 1.82) is 5.26 Å². The van der Waals surface area contributed by atoms with Gasteiger partial charge in [0.25, 0.3) is 5.91 Å². The molecule has 0 spiro atoms. The Morgan fingerprint density at radius 1 is 1.50 bits per heavy atom. The third-order valence-corrected chi connectivity index (χ3v) is 4.49. The fraction of sp³-hybridized carbons (Fsp3) is 0.500. The van der Waals surface area contributed by atoms with Gasteiger partial charge in [-0.3, -0.25) is 14.4 Å². The molecule has 0 aromatic carbocycles. The molecular formula is C16H19N3O4S. The standard InChI is InChI=1S/C16H19N3O4S/c1-16(2,3)23-13(20)5-4-11(14(18)21)19-7-9-10(15(19)22)8-24-12(9)6-17/h8,11H,4-5,7H2,1-3H3,(H2,18,21). The molecule has 1 aliphatic heterocycles. The Morgan fingerprint density at radius 2 is 2.17 bits per heavy atom. The minimum Gasteiger partial charge on any atom is -0.460 e. The number of primary amides is 1. The summed E-state index contributed by atoms with van der Waals surface area (Å²) in [6.07, 6.45) is 0.0676. The lowest BCUT2D eigenvalue weighted by atomic mass is 10.1. The third-order valence-electron chi connectivity index (χ3n) is 3.56. The molecule has 7 nitrogen and oxygen atoms in total. The van der Waals surface area contributed by atoms with Gasteiger partial charge < -0.3 is 15.4 Å². The number of hydrogen-bond donors (Lipinski definition) is 1. The van der Waals surface area contributed by atoms with Crippen LogP contribution in [0.1, 0.15) is 54.4 Å². The van der Waals surface area contributed by atoms with E-state index in [4.69, 9.17) is 15.7 Å². The molecule has 0 aliphatic carbocycles. The van der Waals surface area contributed by atoms with Crippen molar-refractivity contribution in [2.24, 2.45) is 5.73 Å². The van der Waals surface area contributed by atoms with Crippen molar-refractivity contribution in [3.05, 3.63) is 21.4 Å². The van der Waals surface area contributed by atoms with E-state index < -0.39 is 23.5 Å². The van der Waals surface area contributed by atoms with Crippen LogP contribution in [0, 0.1) is 11.3 Å². The lowest BCUT2D eigenvalue weighted by molar-refractivity contribution is -0.155. The largest absolute Gasteiger partial charge is 0.460 e. The summed E-state index contributed by atoms with van der Waals surface area (Å²) >= 11 is 1.20. The van der Waals surface area contributed by atoms with Crippen LogP contribution in [0.2, 0.25) is 0 Å². The van der Waals surface area contributed by atoms with E-state index in [0.29, 0.717) is 16.0 Å². The summed E-state index contributed by atoms with van der Waals surface area (Å²) < 4.78 is 5.20. The van der Waals surface area contributed by atoms with Crippen LogP contribution in [-0.4, -0.2) is 34.3 Å². The molecule has 1 atom stereocenters. The van der Waals surface area contributed by atoms with Crippen LogP contribution in [0.25, 0.3) is 0 Å². The Labute approximate surface area is 144 Å². The van der Waals surface area contributed by atoms with E-state index >= 15 is 0 Å². The number of nitrogens with two attached hydrogens (primary N) is 1. The molecule has 2 heterocycles. The number of ether oxygens (including phenoxy) is 1. The zero-order chi connectivity index (χ0) is 18.1. The van der Waals surface area contributed by atoms with Gasteiger partial charge in [-0.25, -0.2) is 0 Å². The molecule has 1 aliphatic rings. The molecule has 2 rings (SSSR count). The number of thiophene rings is 1. The van der Waals surface area contributed by atoms with Crippen LogP contribution in [0.15, 0.2) is 5.38 Å². The number of amides is 2. The third kappa shape index (κ3) is 3.74. The fourth-order valence-corrected chi connectivity index (χ4v) is 3.41. The zero-order valence-electron chi connectivity index (χ0n) is 13.8. The average molecular weight is 349 g/mol. The van der Waals surface area contributed by atoms with Crippen molar-refractivity contribution >= 4 is 29.1 Å². The maximum Gasteiger partial charge on any atom is 0.306 e. The highest BCUT2D eigenvalue weighted by atomic mass is 32.1. The van der Waals surface area contributed by atoms with E-state index in [2.05, 4.69) is 0 Å². The summed E-state index contributed by atoms with van der Waals surface area (Å²) in [5.74, 6) is -1.47. The molecule has 1 aromatic heterocycles. The molecule has 24 heavy (non-hydrogen) atoms. The summed E-state index contributed by atoms with van der Waals surface area (Å²) in [4.78, 5) is 37.8. The van der Waals surface area contributed by atoms with E-state index in [1.165, 1.54) is 16.2 Å². The molecule has 0 saturated carbocycles. The topological polar surface area (TPSA) is 113 Å². The summed E-state index contributed by atoms with van der Waals surface area (Å²) in [7, 11) is 0. The average Bonchev–Trinajstić information content (AvgIpc) is 2.98. The lowest BCUT2D eigenvalue weighted by Crippen LogP contribution is -2.45. The Kier molecular flexibility index (Phi) is 4.94. The second kappa shape index (κ2) is 6.61. The molecule has 0 bridgehead atoms. The SMILES string of the molecule is CC(C)(C)OC(=O)CCC(C(N)=O)N1Cc2c(csc2C#N)C1=O. The van der Waals surface area contributed by atoms with Gasteiger partial charge in [-0.2, -0.15) is 5.26 Å². The summed E-state index contributed by atoms with van der Waals surface area (Å²) in [5.41, 5.74) is 5.85. The van der Waals surface area contributed by atoms with Crippen LogP contribution in [0.5, 0.6) is 0 Å². The Hall–Kier alpha value is -2.40. The number of nitriles is 1. The summed E-state index contributed by atoms with van der Waals surface area (Å²) in [6, 6.07) is 1.13. The van der Waals surface area contributed by atoms with Crippen LogP contribution in [0.3, 0.4) is 0 Å². The number of rotatable bonds is 5. The van der Waals surface area contributed by atoms with Gasteiger partial charge in [0.1, 0.15) is 22.6 Å². The van der Waals surface area contributed by atoms with E-state index in [9.17, 15) is 14.4 Å². The number of nitrogens with zero attached hydrogens (tertiary/aromatic N) is 2. The normalized spacial score (nSPS) is 14.9. The van der Waals surface area contributed by atoms with Crippen molar-refractivity contribution in [2.45, 2.75) is 51.8 Å². The Bertz CT molecular complexity index is 727. The first kappa shape index (κ1) is 17.9. The van der Waals surface area contributed by atoms with E-state index in [1.54, 1.807) is 26.2 Å². The smallest absolute Gasteiger partial charge is 0.306 e. The molecule has 0 saturated heterocycles. The highest BCUT2D eigenvalue weighted by Gasteiger charge is 2.38. The minimum atomic E-state index is -0.908. The summed E-state index contributed by atoms with van der Waals surface area (Å²) in [5, 5.41) is 10.7. The molecule has 1 aromatic rings. The Balaban J connectivity index is 2.09. The van der Waals surface area contributed by atoms with E-state index in [1.807, 2.05) is 6.07 Å². The zero-order valence-corrected chi connectivity index (χ0v) is 14.6.